The summed E-state index contributed by atoms with van der Waals surface area (Å²) >= 11 is 3.20. The zero-order valence-electron chi connectivity index (χ0n) is 14.9. The Kier molecular flexibility index (Phi) is 5.93. The molecule has 9 heteroatoms. The average molecular weight is 403 g/mol. The number of nitrogens with zero attached hydrogens (tertiary/aromatic N) is 1. The van der Waals surface area contributed by atoms with Crippen molar-refractivity contribution >= 4 is 35.4 Å². The lowest BCUT2D eigenvalue weighted by Gasteiger charge is -2.56. The number of aliphatic hydroxyl groups is 2. The molecule has 0 aromatic carbocycles. The maximum atomic E-state index is 12.9. The number of aliphatic hydroxyl groups excluding tert-OH is 2. The van der Waals surface area contributed by atoms with Crippen molar-refractivity contribution in [2.45, 2.75) is 48.5 Å². The van der Waals surface area contributed by atoms with Crippen LogP contribution < -0.4 is 5.32 Å². The van der Waals surface area contributed by atoms with Gasteiger partial charge in [0.05, 0.1) is 18.8 Å². The first-order valence-electron chi connectivity index (χ1n) is 8.89. The number of carbonyl (C=O) groups is 2. The molecule has 1 amide bonds. The largest absolute Gasteiger partial charge is 0.477 e. The maximum Gasteiger partial charge on any atom is 0.352 e. The van der Waals surface area contributed by atoms with Crippen LogP contribution in [0.4, 0.5) is 0 Å². The molecular formula is C17H26N2O5S2. The molecule has 0 aromatic heterocycles. The topological polar surface area (TPSA) is 110 Å². The van der Waals surface area contributed by atoms with Gasteiger partial charge in [-0.05, 0) is 25.3 Å². The van der Waals surface area contributed by atoms with Crippen molar-refractivity contribution in [3.63, 3.8) is 0 Å². The van der Waals surface area contributed by atoms with Crippen LogP contribution in [0.2, 0.25) is 0 Å². The highest BCUT2D eigenvalue weighted by atomic mass is 32.2. The van der Waals surface area contributed by atoms with Gasteiger partial charge in [0.15, 0.2) is 0 Å². The SMILES string of the molecule is C[C@@H]1C=C(C(=O)O)N2C(=O)[C@@](S[C@@H]3CN[C@H](CSCCO)C3)([C@@H](C)O)[C@H]12. The normalized spacial score (nSPS) is 37.3. The van der Waals surface area contributed by atoms with Crippen molar-refractivity contribution in [2.75, 3.05) is 24.7 Å². The molecule has 146 valence electrons. The minimum absolute atomic E-state index is 0.0344. The van der Waals surface area contributed by atoms with Crippen LogP contribution >= 0.6 is 23.5 Å². The molecule has 2 fully saturated rings. The molecule has 0 aromatic rings. The molecule has 3 aliphatic heterocycles. The molecule has 3 heterocycles. The molecule has 0 saturated carbocycles. The number of hydrogen-bond acceptors (Lipinski definition) is 7. The highest BCUT2D eigenvalue weighted by molar-refractivity contribution is 8.02. The number of amides is 1. The zero-order valence-corrected chi connectivity index (χ0v) is 16.6. The fraction of sp³-hybridized carbons (Fsp3) is 0.765. The van der Waals surface area contributed by atoms with Crippen LogP contribution in [0.15, 0.2) is 11.8 Å². The monoisotopic (exact) mass is 402 g/mol. The Morgan fingerprint density at radius 1 is 1.54 bits per heavy atom. The summed E-state index contributed by atoms with van der Waals surface area (Å²) in [5.41, 5.74) is 0.0344. The predicted octanol–water partition coefficient (Wildman–Crippen LogP) is 0.124. The van der Waals surface area contributed by atoms with Crippen molar-refractivity contribution in [3.05, 3.63) is 11.8 Å². The number of carboxylic acids is 1. The van der Waals surface area contributed by atoms with Crippen LogP contribution in [0.1, 0.15) is 20.3 Å². The lowest BCUT2D eigenvalue weighted by Crippen LogP contribution is -2.76. The van der Waals surface area contributed by atoms with Gasteiger partial charge in [0, 0.05) is 29.3 Å². The van der Waals surface area contributed by atoms with Gasteiger partial charge in [0.1, 0.15) is 10.4 Å². The van der Waals surface area contributed by atoms with Crippen molar-refractivity contribution in [2.24, 2.45) is 5.92 Å². The lowest BCUT2D eigenvalue weighted by atomic mass is 9.78. The molecule has 0 aliphatic carbocycles. The molecule has 2 saturated heterocycles. The van der Waals surface area contributed by atoms with Gasteiger partial charge in [0.2, 0.25) is 5.91 Å². The van der Waals surface area contributed by atoms with E-state index in [0.29, 0.717) is 11.8 Å². The quantitative estimate of drug-likeness (QED) is 0.335. The van der Waals surface area contributed by atoms with Crippen LogP contribution in [-0.4, -0.2) is 84.9 Å². The summed E-state index contributed by atoms with van der Waals surface area (Å²) in [6.45, 7) is 4.46. The van der Waals surface area contributed by atoms with E-state index >= 15 is 0 Å². The standard InChI is InChI=1S/C17H26N2O5S2/c1-9-5-13(15(22)23)19-14(9)17(10(2)21,16(19)24)26-12-6-11(18-7-12)8-25-4-3-20/h5,9-12,14,18,20-21H,3-4,6-8H2,1-2H3,(H,22,23)/t9-,10-,11+,12+,14+,17-/m1/s1. The van der Waals surface area contributed by atoms with E-state index in [1.807, 2.05) is 6.92 Å². The first kappa shape index (κ1) is 20.0. The highest BCUT2D eigenvalue weighted by Crippen LogP contribution is 2.55. The smallest absolute Gasteiger partial charge is 0.352 e. The number of carbonyl (C=O) groups excluding carboxylic acids is 1. The summed E-state index contributed by atoms with van der Waals surface area (Å²) in [6.07, 6.45) is 1.66. The van der Waals surface area contributed by atoms with Gasteiger partial charge < -0.3 is 20.6 Å². The third-order valence-electron chi connectivity index (χ3n) is 5.39. The van der Waals surface area contributed by atoms with Gasteiger partial charge in [-0.3, -0.25) is 9.69 Å². The second kappa shape index (κ2) is 7.71. The maximum absolute atomic E-state index is 12.9. The summed E-state index contributed by atoms with van der Waals surface area (Å²) in [7, 11) is 0. The van der Waals surface area contributed by atoms with Crippen molar-refractivity contribution in [3.8, 4) is 0 Å². The second-order valence-corrected chi connectivity index (χ2v) is 9.91. The Morgan fingerprint density at radius 2 is 2.27 bits per heavy atom. The molecule has 3 rings (SSSR count). The summed E-state index contributed by atoms with van der Waals surface area (Å²) in [6, 6.07) is 0.0176. The summed E-state index contributed by atoms with van der Waals surface area (Å²) in [5, 5.41) is 32.4. The number of β-lactam (4-membered cyclic amide) rings is 1. The molecule has 6 atom stereocenters. The van der Waals surface area contributed by atoms with E-state index in [1.165, 1.54) is 16.7 Å². The first-order valence-corrected chi connectivity index (χ1v) is 10.9. The molecule has 0 unspecified atom stereocenters. The fourth-order valence-electron chi connectivity index (χ4n) is 4.26. The van der Waals surface area contributed by atoms with E-state index in [9.17, 15) is 19.8 Å². The molecule has 0 radical (unpaired) electrons. The van der Waals surface area contributed by atoms with Crippen molar-refractivity contribution < 1.29 is 24.9 Å². The minimum Gasteiger partial charge on any atom is -0.477 e. The lowest BCUT2D eigenvalue weighted by molar-refractivity contribution is -0.158. The Balaban J connectivity index is 1.70. The summed E-state index contributed by atoms with van der Waals surface area (Å²) < 4.78 is -0.980. The number of rotatable bonds is 8. The van der Waals surface area contributed by atoms with Gasteiger partial charge in [-0.25, -0.2) is 4.79 Å². The molecular weight excluding hydrogens is 376 g/mol. The van der Waals surface area contributed by atoms with Crippen molar-refractivity contribution in [1.82, 2.24) is 10.2 Å². The number of thioether (sulfide) groups is 2. The molecule has 4 N–H and O–H groups in total. The summed E-state index contributed by atoms with van der Waals surface area (Å²) in [4.78, 5) is 25.7. The van der Waals surface area contributed by atoms with Crippen LogP contribution in [0, 0.1) is 5.92 Å². The van der Waals surface area contributed by atoms with E-state index in [2.05, 4.69) is 5.32 Å². The zero-order chi connectivity index (χ0) is 19.1. The van der Waals surface area contributed by atoms with E-state index in [1.54, 1.807) is 24.8 Å². The van der Waals surface area contributed by atoms with E-state index < -0.39 is 16.8 Å². The van der Waals surface area contributed by atoms with Gasteiger partial charge in [-0.15, -0.1) is 11.8 Å². The number of hydrogen-bond donors (Lipinski definition) is 4. The fourth-order valence-corrected chi connectivity index (χ4v) is 7.01. The predicted molar refractivity (Wildman–Crippen MR) is 102 cm³/mol. The van der Waals surface area contributed by atoms with Crippen LogP contribution in [0.3, 0.4) is 0 Å². The average Bonchev–Trinajstić information content (AvgIpc) is 3.15. The Hall–Kier alpha value is -0.740. The number of nitrogens with one attached hydrogen (secondary N) is 1. The Bertz CT molecular complexity index is 614. The van der Waals surface area contributed by atoms with Crippen molar-refractivity contribution in [1.29, 1.82) is 0 Å². The van der Waals surface area contributed by atoms with Gasteiger partial charge in [-0.1, -0.05) is 6.92 Å². The van der Waals surface area contributed by atoms with E-state index in [-0.39, 0.29) is 35.4 Å². The van der Waals surface area contributed by atoms with E-state index in [0.717, 1.165) is 18.7 Å². The molecule has 0 spiro atoms. The number of aliphatic carboxylic acids is 1. The molecule has 26 heavy (non-hydrogen) atoms. The van der Waals surface area contributed by atoms with Gasteiger partial charge in [0.25, 0.3) is 0 Å². The summed E-state index contributed by atoms with van der Waals surface area (Å²) in [5.74, 6) is 0.124. The first-order chi connectivity index (χ1) is 12.3. The van der Waals surface area contributed by atoms with Gasteiger partial charge >= 0.3 is 5.97 Å². The Morgan fingerprint density at radius 3 is 2.88 bits per heavy atom. The second-order valence-electron chi connectivity index (χ2n) is 7.18. The van der Waals surface area contributed by atoms with E-state index in [4.69, 9.17) is 5.11 Å². The van der Waals surface area contributed by atoms with Crippen LogP contribution in [-0.2, 0) is 9.59 Å². The highest BCUT2D eigenvalue weighted by Gasteiger charge is 2.69. The third kappa shape index (κ3) is 3.17. The molecule has 7 nitrogen and oxygen atoms in total. The third-order valence-corrected chi connectivity index (χ3v) is 8.34. The van der Waals surface area contributed by atoms with Crippen LogP contribution in [0.25, 0.3) is 0 Å². The minimum atomic E-state index is -1.10. The Labute approximate surface area is 161 Å². The van der Waals surface area contributed by atoms with Crippen LogP contribution in [0.5, 0.6) is 0 Å². The number of carboxylic acid groups (broad SMARTS) is 1. The molecule has 0 bridgehead atoms. The molecule has 3 aliphatic rings. The van der Waals surface area contributed by atoms with Gasteiger partial charge in [-0.2, -0.15) is 11.8 Å². The number of fused-ring (bicyclic) bond motifs is 1.